The molecule has 0 N–H and O–H groups in total. The van der Waals surface area contributed by atoms with Crippen LogP contribution in [0.4, 0.5) is 0 Å². The first kappa shape index (κ1) is 8.55. The molecule has 1 heteroatoms. The molecule has 0 aromatic rings. The van der Waals surface area contributed by atoms with Crippen molar-refractivity contribution in [1.29, 1.82) is 0 Å². The summed E-state index contributed by atoms with van der Waals surface area (Å²) in [4.78, 5) is 2.70. The van der Waals surface area contributed by atoms with E-state index in [-0.39, 0.29) is 0 Å². The van der Waals surface area contributed by atoms with Crippen molar-refractivity contribution < 1.29 is 0 Å². The van der Waals surface area contributed by atoms with Crippen molar-refractivity contribution in [1.82, 2.24) is 4.90 Å². The van der Waals surface area contributed by atoms with Gasteiger partial charge < -0.3 is 4.90 Å². The van der Waals surface area contributed by atoms with Gasteiger partial charge >= 0.3 is 0 Å². The molecule has 2 aliphatic rings. The zero-order valence-corrected chi connectivity index (χ0v) is 7.97. The van der Waals surface area contributed by atoms with E-state index in [1.165, 1.54) is 45.2 Å². The molecule has 0 bridgehead atoms. The molecular formula is C11H20N. The molecule has 0 unspecified atom stereocenters. The van der Waals surface area contributed by atoms with Crippen LogP contribution in [0.25, 0.3) is 0 Å². The standard InChI is InChI=1S/C11H20N/c1-2-10-6-8-12(9-7-10)11-4-3-5-11/h10-11H,1-9H2. The molecular weight excluding hydrogens is 146 g/mol. The zero-order chi connectivity index (χ0) is 8.39. The smallest absolute Gasteiger partial charge is 0.00952 e. The lowest BCUT2D eigenvalue weighted by molar-refractivity contribution is 0.0851. The van der Waals surface area contributed by atoms with E-state index >= 15 is 0 Å². The first-order valence-corrected chi connectivity index (χ1v) is 5.43. The van der Waals surface area contributed by atoms with Gasteiger partial charge in [0.2, 0.25) is 0 Å². The highest BCUT2D eigenvalue weighted by molar-refractivity contribution is 4.83. The Balaban J connectivity index is 1.74. The first-order valence-electron chi connectivity index (χ1n) is 5.43. The van der Waals surface area contributed by atoms with Crippen LogP contribution in [0.2, 0.25) is 0 Å². The van der Waals surface area contributed by atoms with Gasteiger partial charge in [-0.2, -0.15) is 0 Å². The van der Waals surface area contributed by atoms with Crippen LogP contribution >= 0.6 is 0 Å². The predicted octanol–water partition coefficient (Wildman–Crippen LogP) is 2.48. The normalized spacial score (nSPS) is 28.8. The third-order valence-electron chi connectivity index (χ3n) is 3.65. The number of hydrogen-bond acceptors (Lipinski definition) is 1. The van der Waals surface area contributed by atoms with Gasteiger partial charge in [0, 0.05) is 6.04 Å². The molecule has 1 nitrogen and oxygen atoms in total. The minimum atomic E-state index is 0.932. The van der Waals surface area contributed by atoms with Crippen molar-refractivity contribution in [3.8, 4) is 0 Å². The second-order valence-electron chi connectivity index (χ2n) is 4.35. The van der Waals surface area contributed by atoms with E-state index in [9.17, 15) is 0 Å². The van der Waals surface area contributed by atoms with E-state index in [2.05, 4.69) is 11.8 Å². The van der Waals surface area contributed by atoms with E-state index in [0.29, 0.717) is 0 Å². The molecule has 2 rings (SSSR count). The summed E-state index contributed by atoms with van der Waals surface area (Å²) in [6, 6.07) is 0.968. The van der Waals surface area contributed by atoms with Gasteiger partial charge in [-0.15, -0.1) is 0 Å². The average molecular weight is 166 g/mol. The van der Waals surface area contributed by atoms with Gasteiger partial charge in [-0.1, -0.05) is 19.8 Å². The van der Waals surface area contributed by atoms with Crippen LogP contribution in [-0.4, -0.2) is 24.0 Å². The summed E-state index contributed by atoms with van der Waals surface area (Å²) in [5.41, 5.74) is 0. The summed E-state index contributed by atoms with van der Waals surface area (Å²) in [6.07, 6.45) is 8.36. The van der Waals surface area contributed by atoms with Crippen molar-refractivity contribution >= 4 is 0 Å². The summed E-state index contributed by atoms with van der Waals surface area (Å²) in [5, 5.41) is 0. The molecule has 1 aliphatic carbocycles. The summed E-state index contributed by atoms with van der Waals surface area (Å²) < 4.78 is 0. The number of hydrogen-bond donors (Lipinski definition) is 0. The van der Waals surface area contributed by atoms with Crippen LogP contribution in [0.1, 0.15) is 38.5 Å². The highest BCUT2D eigenvalue weighted by Gasteiger charge is 2.27. The minimum Gasteiger partial charge on any atom is -0.300 e. The predicted molar refractivity (Wildman–Crippen MR) is 51.9 cm³/mol. The highest BCUT2D eigenvalue weighted by atomic mass is 15.2. The molecule has 0 amide bonds. The van der Waals surface area contributed by atoms with Crippen molar-refractivity contribution in [2.24, 2.45) is 5.92 Å². The van der Waals surface area contributed by atoms with Crippen molar-refractivity contribution in [2.75, 3.05) is 13.1 Å². The molecule has 1 aliphatic heterocycles. The molecule has 69 valence electrons. The third-order valence-corrected chi connectivity index (χ3v) is 3.65. The van der Waals surface area contributed by atoms with Gasteiger partial charge in [-0.3, -0.25) is 0 Å². The molecule has 0 aromatic heterocycles. The lowest BCUT2D eigenvalue weighted by Gasteiger charge is -2.41. The lowest BCUT2D eigenvalue weighted by atomic mass is 9.87. The summed E-state index contributed by atoms with van der Waals surface area (Å²) in [5.74, 6) is 0.932. The van der Waals surface area contributed by atoms with Gasteiger partial charge in [0.25, 0.3) is 0 Å². The van der Waals surface area contributed by atoms with Gasteiger partial charge in [0.05, 0.1) is 0 Å². The fourth-order valence-electron chi connectivity index (χ4n) is 2.36. The minimum absolute atomic E-state index is 0.932. The number of nitrogens with zero attached hydrogens (tertiary/aromatic N) is 1. The van der Waals surface area contributed by atoms with Crippen molar-refractivity contribution in [2.45, 2.75) is 44.6 Å². The van der Waals surface area contributed by atoms with Crippen molar-refractivity contribution in [3.63, 3.8) is 0 Å². The first-order chi connectivity index (χ1) is 5.90. The molecule has 0 aromatic carbocycles. The summed E-state index contributed by atoms with van der Waals surface area (Å²) >= 11 is 0. The van der Waals surface area contributed by atoms with E-state index in [1.807, 2.05) is 0 Å². The topological polar surface area (TPSA) is 3.24 Å². The quantitative estimate of drug-likeness (QED) is 0.609. The Morgan fingerprint density at radius 2 is 1.75 bits per heavy atom. The molecule has 0 spiro atoms. The van der Waals surface area contributed by atoms with E-state index in [1.54, 1.807) is 0 Å². The Hall–Kier alpha value is -0.0400. The van der Waals surface area contributed by atoms with Crippen molar-refractivity contribution in [3.05, 3.63) is 6.92 Å². The van der Waals surface area contributed by atoms with Crippen LogP contribution in [0, 0.1) is 12.8 Å². The van der Waals surface area contributed by atoms with Gasteiger partial charge in [0.1, 0.15) is 0 Å². The second-order valence-corrected chi connectivity index (χ2v) is 4.35. The van der Waals surface area contributed by atoms with Gasteiger partial charge in [-0.05, 0) is 44.7 Å². The maximum atomic E-state index is 3.99. The number of piperidine rings is 1. The monoisotopic (exact) mass is 166 g/mol. The van der Waals surface area contributed by atoms with Crippen LogP contribution in [0.5, 0.6) is 0 Å². The van der Waals surface area contributed by atoms with E-state index < -0.39 is 0 Å². The molecule has 1 saturated carbocycles. The SMILES string of the molecule is [CH2]CC1CCN(C2CCC2)CC1. The fourth-order valence-corrected chi connectivity index (χ4v) is 2.36. The molecule has 12 heavy (non-hydrogen) atoms. The lowest BCUT2D eigenvalue weighted by Crippen LogP contribution is -2.44. The average Bonchev–Trinajstić information content (AvgIpc) is 2.03. The number of likely N-dealkylation sites (tertiary alicyclic amines) is 1. The van der Waals surface area contributed by atoms with Gasteiger partial charge in [-0.25, -0.2) is 0 Å². The Morgan fingerprint density at radius 3 is 2.17 bits per heavy atom. The highest BCUT2D eigenvalue weighted by Crippen LogP contribution is 2.29. The summed E-state index contributed by atoms with van der Waals surface area (Å²) in [7, 11) is 0. The van der Waals surface area contributed by atoms with E-state index in [4.69, 9.17) is 0 Å². The molecule has 0 atom stereocenters. The second kappa shape index (κ2) is 3.78. The van der Waals surface area contributed by atoms with Crippen LogP contribution < -0.4 is 0 Å². The van der Waals surface area contributed by atoms with Crippen LogP contribution in [-0.2, 0) is 0 Å². The Kier molecular flexibility index (Phi) is 2.69. The summed E-state index contributed by atoms with van der Waals surface area (Å²) in [6.45, 7) is 6.70. The Labute approximate surface area is 76.1 Å². The zero-order valence-electron chi connectivity index (χ0n) is 7.97. The maximum Gasteiger partial charge on any atom is 0.00952 e. The fraction of sp³-hybridized carbons (Fsp3) is 0.909. The van der Waals surface area contributed by atoms with Crippen LogP contribution in [0.3, 0.4) is 0 Å². The van der Waals surface area contributed by atoms with Crippen LogP contribution in [0.15, 0.2) is 0 Å². The Bertz CT molecular complexity index is 132. The molecule has 1 heterocycles. The largest absolute Gasteiger partial charge is 0.300 e. The Morgan fingerprint density at radius 1 is 1.08 bits per heavy atom. The maximum absolute atomic E-state index is 3.99. The third kappa shape index (κ3) is 1.66. The van der Waals surface area contributed by atoms with E-state index in [0.717, 1.165) is 18.4 Å². The van der Waals surface area contributed by atoms with Gasteiger partial charge in [0.15, 0.2) is 0 Å². The molecule has 2 fully saturated rings. The number of rotatable bonds is 2. The molecule has 1 saturated heterocycles. The molecule has 1 radical (unpaired) electrons.